The standard InChI is InChI=1S/C15H16N4O2S/c1-16-15(18-9-12-4-2-6-20-12)17-8-11-10-22-14(19-11)13-5-3-7-21-13/h2-7,10H,8-9H2,1H3,(H2,16,17,18). The summed E-state index contributed by atoms with van der Waals surface area (Å²) >= 11 is 1.56. The van der Waals surface area contributed by atoms with Crippen molar-refractivity contribution in [3.63, 3.8) is 0 Å². The van der Waals surface area contributed by atoms with Gasteiger partial charge in [-0.05, 0) is 24.3 Å². The van der Waals surface area contributed by atoms with Gasteiger partial charge in [0, 0.05) is 12.4 Å². The fourth-order valence-electron chi connectivity index (χ4n) is 1.88. The number of guanidine groups is 1. The van der Waals surface area contributed by atoms with Gasteiger partial charge < -0.3 is 19.5 Å². The van der Waals surface area contributed by atoms with Gasteiger partial charge in [0.1, 0.15) is 5.76 Å². The minimum Gasteiger partial charge on any atom is -0.467 e. The first-order chi connectivity index (χ1) is 10.8. The summed E-state index contributed by atoms with van der Waals surface area (Å²) in [4.78, 5) is 8.70. The number of aromatic nitrogens is 1. The lowest BCUT2D eigenvalue weighted by molar-refractivity contribution is 0.501. The predicted molar refractivity (Wildman–Crippen MR) is 85.6 cm³/mol. The minimum absolute atomic E-state index is 0.585. The van der Waals surface area contributed by atoms with E-state index in [-0.39, 0.29) is 0 Å². The Morgan fingerprint density at radius 3 is 2.73 bits per heavy atom. The quantitative estimate of drug-likeness (QED) is 0.559. The zero-order chi connectivity index (χ0) is 15.2. The number of thiazole rings is 1. The molecule has 0 radical (unpaired) electrons. The van der Waals surface area contributed by atoms with Crippen LogP contribution in [0.2, 0.25) is 0 Å². The van der Waals surface area contributed by atoms with Crippen molar-refractivity contribution in [3.8, 4) is 10.8 Å². The molecule has 22 heavy (non-hydrogen) atoms. The third-order valence-electron chi connectivity index (χ3n) is 2.95. The van der Waals surface area contributed by atoms with Gasteiger partial charge in [0.05, 0.1) is 31.3 Å². The van der Waals surface area contributed by atoms with E-state index in [1.807, 2.05) is 29.6 Å². The molecule has 7 heteroatoms. The molecule has 0 spiro atoms. The number of furan rings is 2. The van der Waals surface area contributed by atoms with Gasteiger partial charge in [0.2, 0.25) is 0 Å². The maximum atomic E-state index is 5.34. The van der Waals surface area contributed by atoms with E-state index in [1.165, 1.54) is 0 Å². The molecule has 0 unspecified atom stereocenters. The monoisotopic (exact) mass is 316 g/mol. The van der Waals surface area contributed by atoms with Crippen LogP contribution in [0.3, 0.4) is 0 Å². The first-order valence-corrected chi connectivity index (χ1v) is 7.68. The molecule has 6 nitrogen and oxygen atoms in total. The van der Waals surface area contributed by atoms with Crippen LogP contribution in [0.5, 0.6) is 0 Å². The van der Waals surface area contributed by atoms with Crippen LogP contribution in [0, 0.1) is 0 Å². The Morgan fingerprint density at radius 2 is 2.00 bits per heavy atom. The fourth-order valence-corrected chi connectivity index (χ4v) is 2.67. The second-order valence-corrected chi connectivity index (χ2v) is 5.34. The Labute approximate surface area is 131 Å². The molecule has 114 valence electrons. The molecule has 0 bridgehead atoms. The molecule has 0 aliphatic carbocycles. The van der Waals surface area contributed by atoms with Gasteiger partial charge in [-0.3, -0.25) is 4.99 Å². The molecular weight excluding hydrogens is 300 g/mol. The number of aliphatic imine (C=N–C) groups is 1. The molecule has 3 aromatic heterocycles. The predicted octanol–water partition coefficient (Wildman–Crippen LogP) is 2.86. The van der Waals surface area contributed by atoms with Gasteiger partial charge in [-0.25, -0.2) is 4.98 Å². The van der Waals surface area contributed by atoms with Crippen LogP contribution in [0.25, 0.3) is 10.8 Å². The SMILES string of the molecule is CN=C(NCc1csc(-c2ccco2)n1)NCc1ccco1. The summed E-state index contributed by atoms with van der Waals surface area (Å²) < 4.78 is 10.6. The van der Waals surface area contributed by atoms with E-state index >= 15 is 0 Å². The average molecular weight is 316 g/mol. The van der Waals surface area contributed by atoms with Crippen LogP contribution in [0.4, 0.5) is 0 Å². The highest BCUT2D eigenvalue weighted by Crippen LogP contribution is 2.23. The van der Waals surface area contributed by atoms with Crippen molar-refractivity contribution < 1.29 is 8.83 Å². The van der Waals surface area contributed by atoms with Crippen LogP contribution in [0.1, 0.15) is 11.5 Å². The van der Waals surface area contributed by atoms with Crippen molar-refractivity contribution in [2.45, 2.75) is 13.1 Å². The van der Waals surface area contributed by atoms with Gasteiger partial charge in [0.25, 0.3) is 0 Å². The second-order valence-electron chi connectivity index (χ2n) is 4.48. The Balaban J connectivity index is 1.52. The first-order valence-electron chi connectivity index (χ1n) is 6.80. The molecule has 0 aromatic carbocycles. The Bertz CT molecular complexity index is 717. The topological polar surface area (TPSA) is 75.6 Å². The summed E-state index contributed by atoms with van der Waals surface area (Å²) in [5.41, 5.74) is 0.942. The summed E-state index contributed by atoms with van der Waals surface area (Å²) in [6, 6.07) is 7.53. The third-order valence-corrected chi connectivity index (χ3v) is 3.86. The van der Waals surface area contributed by atoms with E-state index < -0.39 is 0 Å². The lowest BCUT2D eigenvalue weighted by atomic mass is 10.4. The van der Waals surface area contributed by atoms with Crippen molar-refractivity contribution in [2.75, 3.05) is 7.05 Å². The summed E-state index contributed by atoms with van der Waals surface area (Å²) in [6.45, 7) is 1.18. The van der Waals surface area contributed by atoms with Gasteiger partial charge in [0.15, 0.2) is 16.7 Å². The normalized spacial score (nSPS) is 11.6. The smallest absolute Gasteiger partial charge is 0.191 e. The molecule has 0 aliphatic rings. The molecule has 0 fully saturated rings. The largest absolute Gasteiger partial charge is 0.467 e. The lowest BCUT2D eigenvalue weighted by Gasteiger charge is -2.09. The summed E-state index contributed by atoms with van der Waals surface area (Å²) in [7, 11) is 1.73. The Hall–Kier alpha value is -2.54. The first kappa shape index (κ1) is 14.4. The van der Waals surface area contributed by atoms with Gasteiger partial charge in [-0.15, -0.1) is 11.3 Å². The number of rotatable bonds is 5. The molecular formula is C15H16N4O2S. The van der Waals surface area contributed by atoms with Crippen LogP contribution in [-0.4, -0.2) is 18.0 Å². The molecule has 2 N–H and O–H groups in total. The summed E-state index contributed by atoms with van der Waals surface area (Å²) in [6.07, 6.45) is 3.30. The fraction of sp³-hybridized carbons (Fsp3) is 0.200. The maximum absolute atomic E-state index is 5.34. The van der Waals surface area contributed by atoms with E-state index in [9.17, 15) is 0 Å². The second kappa shape index (κ2) is 6.95. The summed E-state index contributed by atoms with van der Waals surface area (Å²) in [5.74, 6) is 2.34. The van der Waals surface area contributed by atoms with Gasteiger partial charge in [-0.1, -0.05) is 0 Å². The number of hydrogen-bond donors (Lipinski definition) is 2. The van der Waals surface area contributed by atoms with Gasteiger partial charge >= 0.3 is 0 Å². The van der Waals surface area contributed by atoms with E-state index in [0.717, 1.165) is 22.2 Å². The van der Waals surface area contributed by atoms with Gasteiger partial charge in [-0.2, -0.15) is 0 Å². The Morgan fingerprint density at radius 1 is 1.18 bits per heavy atom. The number of nitrogens with one attached hydrogen (secondary N) is 2. The Kier molecular flexibility index (Phi) is 4.55. The average Bonchev–Trinajstić information content (AvgIpc) is 3.29. The zero-order valence-corrected chi connectivity index (χ0v) is 12.9. The molecule has 0 aliphatic heterocycles. The highest BCUT2D eigenvalue weighted by molar-refractivity contribution is 7.13. The van der Waals surface area contributed by atoms with E-state index in [0.29, 0.717) is 19.0 Å². The van der Waals surface area contributed by atoms with Crippen LogP contribution >= 0.6 is 11.3 Å². The minimum atomic E-state index is 0.585. The number of nitrogens with zero attached hydrogens (tertiary/aromatic N) is 2. The van der Waals surface area contributed by atoms with Crippen LogP contribution in [-0.2, 0) is 13.1 Å². The molecule has 0 amide bonds. The highest BCUT2D eigenvalue weighted by Gasteiger charge is 2.07. The van der Waals surface area contributed by atoms with Crippen molar-refractivity contribution >= 4 is 17.3 Å². The third kappa shape index (κ3) is 3.56. The van der Waals surface area contributed by atoms with Crippen molar-refractivity contribution in [1.29, 1.82) is 0 Å². The van der Waals surface area contributed by atoms with Crippen molar-refractivity contribution in [3.05, 3.63) is 53.6 Å². The van der Waals surface area contributed by atoms with Crippen LogP contribution < -0.4 is 10.6 Å². The lowest BCUT2D eigenvalue weighted by Crippen LogP contribution is -2.36. The van der Waals surface area contributed by atoms with Crippen LogP contribution in [0.15, 0.2) is 56.0 Å². The van der Waals surface area contributed by atoms with Crippen molar-refractivity contribution in [2.24, 2.45) is 4.99 Å². The van der Waals surface area contributed by atoms with E-state index in [2.05, 4.69) is 20.6 Å². The molecule has 0 saturated heterocycles. The zero-order valence-electron chi connectivity index (χ0n) is 12.1. The summed E-state index contributed by atoms with van der Waals surface area (Å²) in [5, 5.41) is 9.28. The molecule has 3 aromatic rings. The molecule has 3 rings (SSSR count). The van der Waals surface area contributed by atoms with E-state index in [4.69, 9.17) is 8.83 Å². The maximum Gasteiger partial charge on any atom is 0.191 e. The molecule has 0 saturated carbocycles. The molecule has 0 atom stereocenters. The highest BCUT2D eigenvalue weighted by atomic mass is 32.1. The van der Waals surface area contributed by atoms with Crippen molar-refractivity contribution in [1.82, 2.24) is 15.6 Å². The number of hydrogen-bond acceptors (Lipinski definition) is 5. The van der Waals surface area contributed by atoms with E-state index in [1.54, 1.807) is 30.9 Å². The molecule has 3 heterocycles.